The van der Waals surface area contributed by atoms with E-state index in [1.165, 1.54) is 11.3 Å². The van der Waals surface area contributed by atoms with E-state index < -0.39 is 6.17 Å². The number of fused-ring (bicyclic) bond motifs is 1. The van der Waals surface area contributed by atoms with Gasteiger partial charge in [-0.3, -0.25) is 9.59 Å². The van der Waals surface area contributed by atoms with Crippen LogP contribution in [0.2, 0.25) is 0 Å². The summed E-state index contributed by atoms with van der Waals surface area (Å²) in [6, 6.07) is 6.11. The highest BCUT2D eigenvalue weighted by Gasteiger charge is 2.26. The van der Waals surface area contributed by atoms with Crippen LogP contribution in [-0.4, -0.2) is 56.6 Å². The zero-order valence-corrected chi connectivity index (χ0v) is 19.9. The van der Waals surface area contributed by atoms with E-state index >= 15 is 0 Å². The molecule has 10 heteroatoms. The molecule has 35 heavy (non-hydrogen) atoms. The number of halogens is 1. The summed E-state index contributed by atoms with van der Waals surface area (Å²) in [5.41, 5.74) is 3.61. The van der Waals surface area contributed by atoms with Gasteiger partial charge < -0.3 is 15.5 Å². The van der Waals surface area contributed by atoms with Gasteiger partial charge in [-0.25, -0.2) is 9.37 Å². The van der Waals surface area contributed by atoms with Crippen LogP contribution in [0.3, 0.4) is 0 Å². The molecule has 3 aliphatic rings. The molecule has 6 rings (SSSR count). The lowest BCUT2D eigenvalue weighted by Crippen LogP contribution is -2.38. The number of carbonyl (C=O) groups excluding carboxylic acids is 2. The largest absolute Gasteiger partial charge is 0.367 e. The Morgan fingerprint density at radius 1 is 1.26 bits per heavy atom. The predicted molar refractivity (Wildman–Crippen MR) is 133 cm³/mol. The summed E-state index contributed by atoms with van der Waals surface area (Å²) in [6.07, 6.45) is 6.11. The molecule has 1 aliphatic carbocycles. The average molecular weight is 493 g/mol. The fourth-order valence-electron chi connectivity index (χ4n) is 4.44. The van der Waals surface area contributed by atoms with Crippen LogP contribution in [0.4, 0.5) is 10.2 Å². The second-order valence-electron chi connectivity index (χ2n) is 9.28. The molecule has 0 unspecified atom stereocenters. The van der Waals surface area contributed by atoms with Crippen molar-refractivity contribution in [1.29, 1.82) is 0 Å². The lowest BCUT2D eigenvalue weighted by Gasteiger charge is -2.28. The molecule has 0 radical (unpaired) electrons. The minimum atomic E-state index is -0.818. The number of likely N-dealkylation sites (tertiary alicyclic amines) is 1. The Morgan fingerprint density at radius 2 is 2.06 bits per heavy atom. The van der Waals surface area contributed by atoms with Gasteiger partial charge in [0.15, 0.2) is 5.65 Å². The van der Waals surface area contributed by atoms with Gasteiger partial charge in [0, 0.05) is 36.5 Å². The first-order chi connectivity index (χ1) is 16.9. The first kappa shape index (κ1) is 22.0. The fraction of sp³-hybridized carbons (Fsp3) is 0.360. The minimum Gasteiger partial charge on any atom is -0.367 e. The number of carbonyl (C=O) groups is 2. The van der Waals surface area contributed by atoms with Gasteiger partial charge in [0.05, 0.1) is 28.1 Å². The topological polar surface area (TPSA) is 91.6 Å². The van der Waals surface area contributed by atoms with Gasteiger partial charge in [-0.1, -0.05) is 6.58 Å². The summed E-state index contributed by atoms with van der Waals surface area (Å²) >= 11 is 1.39. The molecular formula is C25H25FN6O2S. The molecule has 0 aromatic carbocycles. The smallest absolute Gasteiger partial charge is 0.263 e. The molecule has 0 bridgehead atoms. The Balaban J connectivity index is 1.36. The summed E-state index contributed by atoms with van der Waals surface area (Å²) in [4.78, 5) is 32.8. The Morgan fingerprint density at radius 3 is 2.77 bits per heavy atom. The highest BCUT2D eigenvalue weighted by molar-refractivity contribution is 7.17. The molecule has 5 heterocycles. The molecule has 2 amide bonds. The second kappa shape index (κ2) is 8.60. The van der Waals surface area contributed by atoms with E-state index in [4.69, 9.17) is 4.98 Å². The number of aromatic nitrogens is 3. The zero-order valence-electron chi connectivity index (χ0n) is 19.1. The lowest BCUT2D eigenvalue weighted by molar-refractivity contribution is -0.118. The van der Waals surface area contributed by atoms with Crippen molar-refractivity contribution < 1.29 is 14.0 Å². The van der Waals surface area contributed by atoms with Crippen LogP contribution < -0.4 is 10.6 Å². The van der Waals surface area contributed by atoms with Crippen LogP contribution in [0.25, 0.3) is 22.3 Å². The second-order valence-corrected chi connectivity index (χ2v) is 10.4. The molecule has 3 aromatic rings. The number of anilines is 1. The number of thiophene rings is 1. The van der Waals surface area contributed by atoms with E-state index in [1.54, 1.807) is 15.6 Å². The molecule has 2 aliphatic heterocycles. The van der Waals surface area contributed by atoms with E-state index in [9.17, 15) is 14.0 Å². The highest BCUT2D eigenvalue weighted by atomic mass is 32.1. The molecular weight excluding hydrogens is 467 g/mol. The number of nitrogens with zero attached hydrogens (tertiary/aromatic N) is 4. The number of piperidine rings is 1. The van der Waals surface area contributed by atoms with Crippen LogP contribution in [0.5, 0.6) is 0 Å². The van der Waals surface area contributed by atoms with Crippen LogP contribution in [0.1, 0.15) is 47.3 Å². The molecule has 8 nitrogen and oxygen atoms in total. The third kappa shape index (κ3) is 4.34. The number of hydrogen-bond acceptors (Lipinski definition) is 6. The van der Waals surface area contributed by atoms with Crippen LogP contribution in [0.15, 0.2) is 42.2 Å². The number of allylic oxidation sites excluding steroid dienone is 1. The molecule has 2 N–H and O–H groups in total. The maximum Gasteiger partial charge on any atom is 0.263 e. The molecule has 1 saturated carbocycles. The Bertz CT molecular complexity index is 1380. The van der Waals surface area contributed by atoms with E-state index in [0.29, 0.717) is 48.2 Å². The van der Waals surface area contributed by atoms with Crippen LogP contribution in [0, 0.1) is 0 Å². The summed E-state index contributed by atoms with van der Waals surface area (Å²) in [7, 11) is 0. The van der Waals surface area contributed by atoms with Crippen molar-refractivity contribution in [1.82, 2.24) is 24.8 Å². The number of amides is 2. The Labute approximate surface area is 205 Å². The minimum absolute atomic E-state index is 0.0581. The summed E-state index contributed by atoms with van der Waals surface area (Å²) in [5, 5.41) is 10.8. The Kier molecular flexibility index (Phi) is 5.40. The van der Waals surface area contributed by atoms with Gasteiger partial charge in [0.2, 0.25) is 5.91 Å². The van der Waals surface area contributed by atoms with Crippen molar-refractivity contribution in [2.24, 2.45) is 0 Å². The molecule has 3 fully saturated rings. The van der Waals surface area contributed by atoms with Gasteiger partial charge in [0.1, 0.15) is 12.0 Å². The van der Waals surface area contributed by atoms with Crippen molar-refractivity contribution in [3.8, 4) is 10.6 Å². The van der Waals surface area contributed by atoms with Gasteiger partial charge in [0.25, 0.3) is 5.91 Å². The van der Waals surface area contributed by atoms with E-state index in [0.717, 1.165) is 40.4 Å². The highest BCUT2D eigenvalue weighted by Crippen LogP contribution is 2.33. The van der Waals surface area contributed by atoms with Gasteiger partial charge >= 0.3 is 0 Å². The third-order valence-electron chi connectivity index (χ3n) is 6.57. The lowest BCUT2D eigenvalue weighted by atomic mass is 10.1. The number of nitrogens with one attached hydrogen (secondary N) is 2. The van der Waals surface area contributed by atoms with E-state index in [1.807, 2.05) is 24.3 Å². The van der Waals surface area contributed by atoms with Crippen molar-refractivity contribution in [2.75, 3.05) is 18.4 Å². The normalized spacial score (nSPS) is 20.1. The van der Waals surface area contributed by atoms with Gasteiger partial charge in [-0.2, -0.15) is 9.61 Å². The van der Waals surface area contributed by atoms with E-state index in [2.05, 4.69) is 22.3 Å². The van der Waals surface area contributed by atoms with Crippen LogP contribution in [-0.2, 0) is 4.79 Å². The van der Waals surface area contributed by atoms with Crippen molar-refractivity contribution in [3.63, 3.8) is 0 Å². The maximum absolute atomic E-state index is 13.5. The molecule has 3 aromatic heterocycles. The quantitative estimate of drug-likeness (QED) is 0.561. The Hall–Kier alpha value is -3.53. The standard InChI is InChI=1S/C25H25FN6O2S/c1-14-15(11-23(33)28-14)10-16-13-27-32-22(29-18-2-3-18)12-19(30-24(16)32)20-4-5-21(35-20)25(34)31-8-6-17(26)7-9-31/h4-5,10,12-13,17-18,29H,1-3,6-9,11H2,(H,28,33)/b15-10+. The summed E-state index contributed by atoms with van der Waals surface area (Å²) in [6.45, 7) is 4.82. The SMILES string of the molecule is C=C1NC(=O)C/C1=C\c1cnn2c(NC3CC3)cc(-c3ccc(C(=O)N4CCC(F)CC4)s3)nc12. The van der Waals surface area contributed by atoms with Crippen molar-refractivity contribution in [3.05, 3.63) is 52.7 Å². The van der Waals surface area contributed by atoms with Crippen LogP contribution >= 0.6 is 11.3 Å². The molecule has 180 valence electrons. The fourth-order valence-corrected chi connectivity index (χ4v) is 5.38. The summed E-state index contributed by atoms with van der Waals surface area (Å²) in [5.74, 6) is 0.703. The monoisotopic (exact) mass is 492 g/mol. The number of alkyl halides is 1. The van der Waals surface area contributed by atoms with E-state index in [-0.39, 0.29) is 18.2 Å². The predicted octanol–water partition coefficient (Wildman–Crippen LogP) is 4.02. The van der Waals surface area contributed by atoms with Gasteiger partial charge in [-0.15, -0.1) is 11.3 Å². The average Bonchev–Trinajstić information content (AvgIpc) is 3.23. The maximum atomic E-state index is 13.5. The third-order valence-corrected chi connectivity index (χ3v) is 7.66. The molecule has 2 saturated heterocycles. The zero-order chi connectivity index (χ0) is 24.1. The van der Waals surface area contributed by atoms with Gasteiger partial charge in [-0.05, 0) is 49.5 Å². The summed E-state index contributed by atoms with van der Waals surface area (Å²) < 4.78 is 15.3. The molecule has 0 atom stereocenters. The first-order valence-corrected chi connectivity index (χ1v) is 12.6. The molecule has 0 spiro atoms. The van der Waals surface area contributed by atoms with Crippen molar-refractivity contribution in [2.45, 2.75) is 44.3 Å². The number of rotatable bonds is 5. The van der Waals surface area contributed by atoms with Crippen molar-refractivity contribution >= 4 is 40.7 Å². The first-order valence-electron chi connectivity index (χ1n) is 11.8. The number of hydrogen-bond donors (Lipinski definition) is 2.